The summed E-state index contributed by atoms with van der Waals surface area (Å²) in [6.07, 6.45) is 0. The number of amides is 1. The minimum Gasteiger partial charge on any atom is -0.398 e. The van der Waals surface area contributed by atoms with E-state index in [-0.39, 0.29) is 11.9 Å². The Morgan fingerprint density at radius 2 is 2.00 bits per heavy atom. The molecule has 0 fully saturated rings. The maximum absolute atomic E-state index is 11.8. The molecule has 0 saturated heterocycles. The van der Waals surface area contributed by atoms with Gasteiger partial charge in [0.05, 0.1) is 0 Å². The lowest BCUT2D eigenvalue weighted by molar-refractivity contribution is 0.0930. The van der Waals surface area contributed by atoms with Crippen LogP contribution in [0, 0.1) is 5.92 Å². The normalized spacial score (nSPS) is 12.6. The summed E-state index contributed by atoms with van der Waals surface area (Å²) < 4.78 is 0.806. The van der Waals surface area contributed by atoms with Crippen LogP contribution in [0.25, 0.3) is 0 Å². The molecule has 0 radical (unpaired) electrons. The van der Waals surface area contributed by atoms with Crippen LogP contribution < -0.4 is 11.1 Å². The second kappa shape index (κ2) is 5.34. The van der Waals surface area contributed by atoms with Gasteiger partial charge in [-0.2, -0.15) is 0 Å². The van der Waals surface area contributed by atoms with Gasteiger partial charge in [-0.05, 0) is 47.0 Å². The van der Waals surface area contributed by atoms with Crippen molar-refractivity contribution in [3.63, 3.8) is 0 Å². The SMILES string of the molecule is CC(C)C(C)NC(=O)c1ccc(Br)c(N)c1. The van der Waals surface area contributed by atoms with Gasteiger partial charge in [-0.15, -0.1) is 0 Å². The first-order valence-corrected chi connectivity index (χ1v) is 6.07. The van der Waals surface area contributed by atoms with E-state index < -0.39 is 0 Å². The van der Waals surface area contributed by atoms with Crippen molar-refractivity contribution in [1.82, 2.24) is 5.32 Å². The zero-order valence-electron chi connectivity index (χ0n) is 9.75. The number of benzene rings is 1. The van der Waals surface area contributed by atoms with Crippen molar-refractivity contribution < 1.29 is 4.79 Å². The summed E-state index contributed by atoms with van der Waals surface area (Å²) >= 11 is 3.30. The maximum Gasteiger partial charge on any atom is 0.251 e. The van der Waals surface area contributed by atoms with E-state index in [0.29, 0.717) is 17.2 Å². The lowest BCUT2D eigenvalue weighted by atomic mass is 10.1. The summed E-state index contributed by atoms with van der Waals surface area (Å²) in [6.45, 7) is 6.13. The van der Waals surface area contributed by atoms with Crippen molar-refractivity contribution in [3.8, 4) is 0 Å². The van der Waals surface area contributed by atoms with Crippen molar-refractivity contribution >= 4 is 27.5 Å². The Labute approximate surface area is 105 Å². The Morgan fingerprint density at radius 1 is 1.38 bits per heavy atom. The van der Waals surface area contributed by atoms with Crippen molar-refractivity contribution in [1.29, 1.82) is 0 Å². The monoisotopic (exact) mass is 284 g/mol. The molecule has 3 nitrogen and oxygen atoms in total. The van der Waals surface area contributed by atoms with Crippen LogP contribution in [0.15, 0.2) is 22.7 Å². The van der Waals surface area contributed by atoms with Gasteiger partial charge in [-0.3, -0.25) is 4.79 Å². The van der Waals surface area contributed by atoms with Gasteiger partial charge in [0.15, 0.2) is 0 Å². The van der Waals surface area contributed by atoms with Gasteiger partial charge in [0.1, 0.15) is 0 Å². The third-order valence-electron chi connectivity index (χ3n) is 2.62. The smallest absolute Gasteiger partial charge is 0.251 e. The van der Waals surface area contributed by atoms with Crippen LogP contribution in [0.4, 0.5) is 5.69 Å². The maximum atomic E-state index is 11.8. The molecule has 4 heteroatoms. The highest BCUT2D eigenvalue weighted by molar-refractivity contribution is 9.10. The number of carbonyl (C=O) groups is 1. The Hall–Kier alpha value is -1.03. The first-order chi connectivity index (χ1) is 7.41. The summed E-state index contributed by atoms with van der Waals surface area (Å²) in [4.78, 5) is 11.8. The molecule has 0 aliphatic rings. The number of rotatable bonds is 3. The first-order valence-electron chi connectivity index (χ1n) is 5.27. The average Bonchev–Trinajstić information content (AvgIpc) is 2.21. The van der Waals surface area contributed by atoms with Gasteiger partial charge < -0.3 is 11.1 Å². The summed E-state index contributed by atoms with van der Waals surface area (Å²) in [6, 6.07) is 5.36. The zero-order chi connectivity index (χ0) is 12.3. The third-order valence-corrected chi connectivity index (χ3v) is 3.34. The molecule has 0 aliphatic heterocycles. The van der Waals surface area contributed by atoms with E-state index in [2.05, 4.69) is 35.1 Å². The lowest BCUT2D eigenvalue weighted by Gasteiger charge is -2.17. The van der Waals surface area contributed by atoms with E-state index in [9.17, 15) is 4.79 Å². The Kier molecular flexibility index (Phi) is 4.35. The molecular formula is C12H17BrN2O. The molecule has 88 valence electrons. The van der Waals surface area contributed by atoms with Crippen molar-refractivity contribution in [2.45, 2.75) is 26.8 Å². The molecule has 1 amide bonds. The quantitative estimate of drug-likeness (QED) is 0.839. The van der Waals surface area contributed by atoms with E-state index in [0.717, 1.165) is 4.47 Å². The van der Waals surface area contributed by atoms with E-state index in [1.54, 1.807) is 18.2 Å². The minimum absolute atomic E-state index is 0.0830. The van der Waals surface area contributed by atoms with Gasteiger partial charge in [0.2, 0.25) is 0 Å². The first kappa shape index (κ1) is 13.0. The number of nitrogens with one attached hydrogen (secondary N) is 1. The Balaban J connectivity index is 2.77. The number of halogens is 1. The summed E-state index contributed by atoms with van der Waals surface area (Å²) in [5, 5.41) is 2.93. The molecule has 16 heavy (non-hydrogen) atoms. The third kappa shape index (κ3) is 3.23. The molecule has 1 aromatic carbocycles. The standard InChI is InChI=1S/C12H17BrN2O/c1-7(2)8(3)15-12(16)9-4-5-10(13)11(14)6-9/h4-8H,14H2,1-3H3,(H,15,16). The Bertz CT molecular complexity index is 391. The van der Waals surface area contributed by atoms with Gasteiger partial charge in [-0.1, -0.05) is 13.8 Å². The van der Waals surface area contributed by atoms with Crippen LogP contribution in [0.2, 0.25) is 0 Å². The van der Waals surface area contributed by atoms with Crippen molar-refractivity contribution in [2.75, 3.05) is 5.73 Å². The highest BCUT2D eigenvalue weighted by Crippen LogP contribution is 2.20. The minimum atomic E-state index is -0.0830. The molecule has 1 atom stereocenters. The summed E-state index contributed by atoms with van der Waals surface area (Å²) in [5.41, 5.74) is 6.89. The van der Waals surface area contributed by atoms with Gasteiger partial charge in [0.25, 0.3) is 5.91 Å². The molecule has 0 aliphatic carbocycles. The number of nitrogen functional groups attached to an aromatic ring is 1. The molecule has 0 aromatic heterocycles. The molecule has 0 spiro atoms. The van der Waals surface area contributed by atoms with Crippen LogP contribution in [0.1, 0.15) is 31.1 Å². The fourth-order valence-electron chi connectivity index (χ4n) is 1.14. The average molecular weight is 285 g/mol. The van der Waals surface area contributed by atoms with Gasteiger partial charge in [-0.25, -0.2) is 0 Å². The highest BCUT2D eigenvalue weighted by atomic mass is 79.9. The number of carbonyl (C=O) groups excluding carboxylic acids is 1. The largest absolute Gasteiger partial charge is 0.398 e. The molecule has 3 N–H and O–H groups in total. The molecule has 0 heterocycles. The van der Waals surface area contributed by atoms with E-state index in [1.807, 2.05) is 6.92 Å². The number of hydrogen-bond acceptors (Lipinski definition) is 2. The second-order valence-corrected chi connectivity index (χ2v) is 5.10. The molecule has 1 rings (SSSR count). The van der Waals surface area contributed by atoms with E-state index in [1.165, 1.54) is 0 Å². The van der Waals surface area contributed by atoms with Crippen LogP contribution in [0.5, 0.6) is 0 Å². The van der Waals surface area contributed by atoms with Crippen LogP contribution in [-0.4, -0.2) is 11.9 Å². The molecule has 0 bridgehead atoms. The summed E-state index contributed by atoms with van der Waals surface area (Å²) in [7, 11) is 0. The molecule has 0 saturated carbocycles. The van der Waals surface area contributed by atoms with Gasteiger partial charge >= 0.3 is 0 Å². The summed E-state index contributed by atoms with van der Waals surface area (Å²) in [5.74, 6) is 0.331. The van der Waals surface area contributed by atoms with Crippen LogP contribution in [-0.2, 0) is 0 Å². The predicted octanol–water partition coefficient (Wildman–Crippen LogP) is 2.81. The topological polar surface area (TPSA) is 55.1 Å². The van der Waals surface area contributed by atoms with Crippen LogP contribution >= 0.6 is 15.9 Å². The van der Waals surface area contributed by atoms with Crippen molar-refractivity contribution in [2.24, 2.45) is 5.92 Å². The van der Waals surface area contributed by atoms with Crippen molar-refractivity contribution in [3.05, 3.63) is 28.2 Å². The fraction of sp³-hybridized carbons (Fsp3) is 0.417. The fourth-order valence-corrected chi connectivity index (χ4v) is 1.39. The highest BCUT2D eigenvalue weighted by Gasteiger charge is 2.12. The molecular weight excluding hydrogens is 268 g/mol. The van der Waals surface area contributed by atoms with E-state index >= 15 is 0 Å². The van der Waals surface area contributed by atoms with Crippen LogP contribution in [0.3, 0.4) is 0 Å². The number of anilines is 1. The molecule has 1 unspecified atom stereocenters. The second-order valence-electron chi connectivity index (χ2n) is 4.24. The molecule has 1 aromatic rings. The lowest BCUT2D eigenvalue weighted by Crippen LogP contribution is -2.36. The Morgan fingerprint density at radius 3 is 2.50 bits per heavy atom. The number of nitrogens with two attached hydrogens (primary N) is 1. The zero-order valence-corrected chi connectivity index (χ0v) is 11.3. The number of hydrogen-bond donors (Lipinski definition) is 2. The van der Waals surface area contributed by atoms with E-state index in [4.69, 9.17) is 5.73 Å². The van der Waals surface area contributed by atoms with Gasteiger partial charge in [0, 0.05) is 21.8 Å². The predicted molar refractivity (Wildman–Crippen MR) is 70.3 cm³/mol.